The average molecular weight is 577 g/mol. The van der Waals surface area contributed by atoms with Crippen molar-refractivity contribution in [2.75, 3.05) is 6.26 Å². The summed E-state index contributed by atoms with van der Waals surface area (Å²) in [4.78, 5) is 0.260. The Balaban J connectivity index is 1.63. The van der Waals surface area contributed by atoms with Gasteiger partial charge in [-0.2, -0.15) is 4.31 Å². The number of hydrogen-bond acceptors (Lipinski definition) is 5. The van der Waals surface area contributed by atoms with E-state index in [9.17, 15) is 16.8 Å². The van der Waals surface area contributed by atoms with Gasteiger partial charge in [0.05, 0.1) is 4.90 Å². The number of thiophene rings is 1. The third kappa shape index (κ3) is 5.84. The summed E-state index contributed by atoms with van der Waals surface area (Å²) in [7, 11) is -6.99. The molecule has 0 radical (unpaired) electrons. The van der Waals surface area contributed by atoms with E-state index in [1.54, 1.807) is 35.7 Å². The second-order valence-corrected chi connectivity index (χ2v) is 13.9. The number of nitrogens with zero attached hydrogens (tertiary/aromatic N) is 1. The van der Waals surface area contributed by atoms with Crippen molar-refractivity contribution in [2.24, 2.45) is 0 Å². The third-order valence-electron chi connectivity index (χ3n) is 5.25. The number of halogens is 1. The van der Waals surface area contributed by atoms with Crippen molar-refractivity contribution in [2.45, 2.75) is 22.2 Å². The lowest BCUT2D eigenvalue weighted by molar-refractivity contribution is 0.402. The standard InChI is InChI=1S/C25H22BrNO4S3/c1-33(28,29)24-8-3-6-22(16-24)21-12-10-19(11-13-21)17-27(18-20-5-2-7-23(26)15-20)34(30,31)25-9-4-14-32-25/h2-16H,17-18H2,1H3. The van der Waals surface area contributed by atoms with Crippen LogP contribution in [0.2, 0.25) is 0 Å². The zero-order chi connectivity index (χ0) is 24.3. The summed E-state index contributed by atoms with van der Waals surface area (Å²) in [6.07, 6.45) is 1.18. The van der Waals surface area contributed by atoms with Gasteiger partial charge in [0.25, 0.3) is 10.0 Å². The van der Waals surface area contributed by atoms with Gasteiger partial charge in [-0.1, -0.05) is 70.5 Å². The number of rotatable bonds is 8. The van der Waals surface area contributed by atoms with Gasteiger partial charge in [-0.05, 0) is 58.0 Å². The highest BCUT2D eigenvalue weighted by atomic mass is 79.9. The van der Waals surface area contributed by atoms with Gasteiger partial charge in [-0.15, -0.1) is 11.3 Å². The molecule has 176 valence electrons. The molecule has 0 aliphatic heterocycles. The molecule has 0 amide bonds. The molecule has 0 saturated carbocycles. The van der Waals surface area contributed by atoms with Gasteiger partial charge in [0.15, 0.2) is 9.84 Å². The van der Waals surface area contributed by atoms with E-state index in [1.165, 1.54) is 21.9 Å². The van der Waals surface area contributed by atoms with Crippen molar-refractivity contribution in [3.05, 3.63) is 106 Å². The molecule has 5 nitrogen and oxygen atoms in total. The number of sulfone groups is 1. The molecule has 0 fully saturated rings. The molecule has 0 aliphatic carbocycles. The molecule has 0 unspecified atom stereocenters. The highest BCUT2D eigenvalue weighted by molar-refractivity contribution is 9.10. The van der Waals surface area contributed by atoms with Crippen molar-refractivity contribution in [1.29, 1.82) is 0 Å². The van der Waals surface area contributed by atoms with Crippen LogP contribution in [0.15, 0.2) is 104 Å². The summed E-state index contributed by atoms with van der Waals surface area (Å²) in [5, 5.41) is 1.75. The molecule has 1 aromatic heterocycles. The first-order chi connectivity index (χ1) is 16.1. The Morgan fingerprint density at radius 3 is 2.12 bits per heavy atom. The molecule has 1 heterocycles. The Bertz CT molecular complexity index is 1500. The zero-order valence-corrected chi connectivity index (χ0v) is 22.3. The molecule has 0 spiro atoms. The molecule has 4 rings (SSSR count). The van der Waals surface area contributed by atoms with Gasteiger partial charge in [0.2, 0.25) is 0 Å². The predicted molar refractivity (Wildman–Crippen MR) is 140 cm³/mol. The minimum Gasteiger partial charge on any atom is -0.224 e. The van der Waals surface area contributed by atoms with Gasteiger partial charge in [-0.25, -0.2) is 16.8 Å². The van der Waals surface area contributed by atoms with Gasteiger partial charge in [-0.3, -0.25) is 0 Å². The molecular weight excluding hydrogens is 554 g/mol. The maximum Gasteiger partial charge on any atom is 0.253 e. The normalized spacial score (nSPS) is 12.2. The monoisotopic (exact) mass is 575 g/mol. The van der Waals surface area contributed by atoms with Crippen LogP contribution >= 0.6 is 27.3 Å². The van der Waals surface area contributed by atoms with Gasteiger partial charge < -0.3 is 0 Å². The number of sulfonamides is 1. The van der Waals surface area contributed by atoms with Crippen LogP contribution in [0.5, 0.6) is 0 Å². The van der Waals surface area contributed by atoms with Crippen LogP contribution in [-0.4, -0.2) is 27.4 Å². The lowest BCUT2D eigenvalue weighted by atomic mass is 10.0. The quantitative estimate of drug-likeness (QED) is 0.259. The van der Waals surface area contributed by atoms with Crippen LogP contribution in [-0.2, 0) is 33.0 Å². The Hall–Kier alpha value is -2.30. The van der Waals surface area contributed by atoms with E-state index >= 15 is 0 Å². The van der Waals surface area contributed by atoms with E-state index in [4.69, 9.17) is 0 Å². The van der Waals surface area contributed by atoms with E-state index < -0.39 is 19.9 Å². The van der Waals surface area contributed by atoms with Crippen molar-refractivity contribution in [1.82, 2.24) is 4.31 Å². The van der Waals surface area contributed by atoms with E-state index in [2.05, 4.69) is 15.9 Å². The van der Waals surface area contributed by atoms with Gasteiger partial charge in [0, 0.05) is 23.8 Å². The minimum absolute atomic E-state index is 0.205. The summed E-state index contributed by atoms with van der Waals surface area (Å²) < 4.78 is 53.2. The van der Waals surface area contributed by atoms with Crippen molar-refractivity contribution in [3.8, 4) is 11.1 Å². The highest BCUT2D eigenvalue weighted by Crippen LogP contribution is 2.27. The van der Waals surface area contributed by atoms with Crippen LogP contribution in [0, 0.1) is 0 Å². The fourth-order valence-corrected chi connectivity index (χ4v) is 7.19. The SMILES string of the molecule is CS(=O)(=O)c1cccc(-c2ccc(CN(Cc3cccc(Br)c3)S(=O)(=O)c3cccs3)cc2)c1. The maximum atomic E-state index is 13.4. The van der Waals surface area contributed by atoms with Gasteiger partial charge in [0.1, 0.15) is 4.21 Å². The first-order valence-electron chi connectivity index (χ1n) is 10.3. The summed E-state index contributed by atoms with van der Waals surface area (Å²) in [5.74, 6) is 0. The van der Waals surface area contributed by atoms with E-state index in [0.29, 0.717) is 4.21 Å². The third-order valence-corrected chi connectivity index (χ3v) is 10.0. The largest absolute Gasteiger partial charge is 0.253 e. The van der Waals surface area contributed by atoms with Crippen molar-refractivity contribution >= 4 is 47.1 Å². The smallest absolute Gasteiger partial charge is 0.224 e. The molecule has 3 aromatic carbocycles. The Morgan fingerprint density at radius 1 is 0.765 bits per heavy atom. The fourth-order valence-electron chi connectivity index (χ4n) is 3.51. The van der Waals surface area contributed by atoms with Crippen molar-refractivity contribution < 1.29 is 16.8 Å². The topological polar surface area (TPSA) is 71.5 Å². The first kappa shape index (κ1) is 24.8. The van der Waals surface area contributed by atoms with Crippen LogP contribution in [0.4, 0.5) is 0 Å². The summed E-state index contributed by atoms with van der Waals surface area (Å²) in [6.45, 7) is 0.439. The minimum atomic E-state index is -3.68. The molecule has 0 N–H and O–H groups in total. The Labute approximate surface area is 212 Å². The molecule has 9 heteroatoms. The molecule has 0 bridgehead atoms. The summed E-state index contributed by atoms with van der Waals surface area (Å²) in [6, 6.07) is 25.2. The highest BCUT2D eigenvalue weighted by Gasteiger charge is 2.26. The maximum absolute atomic E-state index is 13.4. The molecule has 0 saturated heterocycles. The molecular formula is C25H22BrNO4S3. The van der Waals surface area contributed by atoms with Crippen molar-refractivity contribution in [3.63, 3.8) is 0 Å². The Morgan fingerprint density at radius 2 is 1.47 bits per heavy atom. The van der Waals surface area contributed by atoms with Gasteiger partial charge >= 0.3 is 0 Å². The lowest BCUT2D eigenvalue weighted by Gasteiger charge is -2.22. The lowest BCUT2D eigenvalue weighted by Crippen LogP contribution is -2.29. The molecule has 4 aromatic rings. The number of benzene rings is 3. The van der Waals surface area contributed by atoms with Crippen LogP contribution in [0.3, 0.4) is 0 Å². The molecule has 0 atom stereocenters. The molecule has 0 aliphatic rings. The molecule has 34 heavy (non-hydrogen) atoms. The van der Waals surface area contributed by atoms with E-state index in [-0.39, 0.29) is 18.0 Å². The van der Waals surface area contributed by atoms with Crippen LogP contribution < -0.4 is 0 Å². The predicted octanol–water partition coefficient (Wildman–Crippen LogP) is 5.97. The summed E-state index contributed by atoms with van der Waals surface area (Å²) in [5.41, 5.74) is 3.35. The second kappa shape index (κ2) is 10.1. The average Bonchev–Trinajstić information content (AvgIpc) is 3.35. The van der Waals surface area contributed by atoms with Crippen LogP contribution in [0.25, 0.3) is 11.1 Å². The van der Waals surface area contributed by atoms with E-state index in [1.807, 2.05) is 54.6 Å². The van der Waals surface area contributed by atoms with Crippen LogP contribution in [0.1, 0.15) is 11.1 Å². The number of hydrogen-bond donors (Lipinski definition) is 0. The van der Waals surface area contributed by atoms with E-state index in [0.717, 1.165) is 26.7 Å². The first-order valence-corrected chi connectivity index (χ1v) is 15.3. The summed E-state index contributed by atoms with van der Waals surface area (Å²) >= 11 is 4.65. The second-order valence-electron chi connectivity index (χ2n) is 7.83. The fraction of sp³-hybridized carbons (Fsp3) is 0.120. The Kier molecular flexibility index (Phi) is 7.39. The zero-order valence-electron chi connectivity index (χ0n) is 18.3.